The van der Waals surface area contributed by atoms with E-state index in [1.165, 1.54) is 32.4 Å². The van der Waals surface area contributed by atoms with Crippen molar-refractivity contribution in [3.05, 3.63) is 21.9 Å². The molecule has 19 heavy (non-hydrogen) atoms. The van der Waals surface area contributed by atoms with Gasteiger partial charge in [-0.2, -0.15) is 0 Å². The van der Waals surface area contributed by atoms with Crippen LogP contribution in [0.25, 0.3) is 0 Å². The molecule has 0 radical (unpaired) electrons. The molecular weight excluding hydrogens is 252 g/mol. The first kappa shape index (κ1) is 13.6. The molecule has 2 nitrogen and oxygen atoms in total. The standard InChI is InChI=1S/C16H26N2S/c1-11-7-12(2)14(15(17)8-11)10-18-5-3-16-13(9-18)4-6-19-16/h4,6,11-12,14-15H,3,5,7-10,17H2,1-2H3. The molecule has 1 fully saturated rings. The van der Waals surface area contributed by atoms with Crippen LogP contribution in [0.2, 0.25) is 0 Å². The van der Waals surface area contributed by atoms with E-state index in [2.05, 4.69) is 30.2 Å². The minimum absolute atomic E-state index is 0.405. The van der Waals surface area contributed by atoms with E-state index in [1.54, 1.807) is 10.4 Å². The number of fused-ring (bicyclic) bond motifs is 1. The maximum atomic E-state index is 6.43. The lowest BCUT2D eigenvalue weighted by molar-refractivity contribution is 0.111. The van der Waals surface area contributed by atoms with Crippen molar-refractivity contribution in [3.63, 3.8) is 0 Å². The number of thiophene rings is 1. The van der Waals surface area contributed by atoms with E-state index >= 15 is 0 Å². The fraction of sp³-hybridized carbons (Fsp3) is 0.750. The molecule has 1 aliphatic carbocycles. The first-order valence-electron chi connectivity index (χ1n) is 7.66. The highest BCUT2D eigenvalue weighted by Crippen LogP contribution is 2.34. The molecule has 1 aromatic heterocycles. The van der Waals surface area contributed by atoms with Gasteiger partial charge in [0.2, 0.25) is 0 Å². The van der Waals surface area contributed by atoms with Gasteiger partial charge in [-0.1, -0.05) is 13.8 Å². The smallest absolute Gasteiger partial charge is 0.0245 e. The molecule has 0 aromatic carbocycles. The number of hydrogen-bond acceptors (Lipinski definition) is 3. The van der Waals surface area contributed by atoms with Crippen molar-refractivity contribution in [3.8, 4) is 0 Å². The van der Waals surface area contributed by atoms with Crippen LogP contribution in [0.15, 0.2) is 11.4 Å². The molecule has 1 aliphatic heterocycles. The normalized spacial score (nSPS) is 36.2. The van der Waals surface area contributed by atoms with E-state index in [1.807, 2.05) is 11.3 Å². The summed E-state index contributed by atoms with van der Waals surface area (Å²) in [6.07, 6.45) is 3.81. The first-order chi connectivity index (χ1) is 9.13. The van der Waals surface area contributed by atoms with Gasteiger partial charge in [-0.05, 0) is 54.0 Å². The molecule has 106 valence electrons. The van der Waals surface area contributed by atoms with Gasteiger partial charge in [-0.3, -0.25) is 4.90 Å². The zero-order valence-electron chi connectivity index (χ0n) is 12.1. The summed E-state index contributed by atoms with van der Waals surface area (Å²) in [6.45, 7) is 8.32. The Bertz CT molecular complexity index is 416. The Hall–Kier alpha value is -0.380. The maximum absolute atomic E-state index is 6.43. The quantitative estimate of drug-likeness (QED) is 0.900. The zero-order valence-corrected chi connectivity index (χ0v) is 13.0. The zero-order chi connectivity index (χ0) is 13.4. The Morgan fingerprint density at radius 3 is 3.00 bits per heavy atom. The lowest BCUT2D eigenvalue weighted by atomic mass is 9.72. The van der Waals surface area contributed by atoms with E-state index in [0.717, 1.165) is 18.4 Å². The van der Waals surface area contributed by atoms with Crippen molar-refractivity contribution >= 4 is 11.3 Å². The molecule has 0 bridgehead atoms. The van der Waals surface area contributed by atoms with Crippen LogP contribution in [0, 0.1) is 17.8 Å². The monoisotopic (exact) mass is 278 g/mol. The van der Waals surface area contributed by atoms with Crippen LogP contribution in [0.5, 0.6) is 0 Å². The van der Waals surface area contributed by atoms with Crippen LogP contribution in [0.3, 0.4) is 0 Å². The van der Waals surface area contributed by atoms with Crippen LogP contribution in [0.4, 0.5) is 0 Å². The highest BCUT2D eigenvalue weighted by molar-refractivity contribution is 7.10. The van der Waals surface area contributed by atoms with Crippen molar-refractivity contribution in [1.82, 2.24) is 4.90 Å². The van der Waals surface area contributed by atoms with Crippen molar-refractivity contribution in [2.24, 2.45) is 23.5 Å². The minimum atomic E-state index is 0.405. The van der Waals surface area contributed by atoms with E-state index in [9.17, 15) is 0 Å². The van der Waals surface area contributed by atoms with E-state index < -0.39 is 0 Å². The molecule has 1 aromatic rings. The number of rotatable bonds is 2. The third kappa shape index (κ3) is 2.88. The van der Waals surface area contributed by atoms with E-state index in [-0.39, 0.29) is 0 Å². The maximum Gasteiger partial charge on any atom is 0.0245 e. The number of nitrogens with zero attached hydrogens (tertiary/aromatic N) is 1. The second kappa shape index (κ2) is 5.55. The first-order valence-corrected chi connectivity index (χ1v) is 8.54. The molecule has 2 N–H and O–H groups in total. The molecule has 4 atom stereocenters. The van der Waals surface area contributed by atoms with Gasteiger partial charge in [0.25, 0.3) is 0 Å². The second-order valence-electron chi connectivity index (χ2n) is 6.74. The lowest BCUT2D eigenvalue weighted by Crippen LogP contribution is -2.47. The van der Waals surface area contributed by atoms with E-state index in [0.29, 0.717) is 12.0 Å². The summed E-state index contributed by atoms with van der Waals surface area (Å²) in [6, 6.07) is 2.71. The summed E-state index contributed by atoms with van der Waals surface area (Å²) in [4.78, 5) is 4.23. The van der Waals surface area contributed by atoms with Crippen molar-refractivity contribution in [2.45, 2.75) is 45.7 Å². The summed E-state index contributed by atoms with van der Waals surface area (Å²) in [7, 11) is 0. The molecule has 0 spiro atoms. The van der Waals surface area contributed by atoms with Gasteiger partial charge in [0.15, 0.2) is 0 Å². The predicted molar refractivity (Wildman–Crippen MR) is 82.3 cm³/mol. The second-order valence-corrected chi connectivity index (χ2v) is 7.74. The van der Waals surface area contributed by atoms with E-state index in [4.69, 9.17) is 5.73 Å². The topological polar surface area (TPSA) is 29.3 Å². The van der Waals surface area contributed by atoms with Crippen molar-refractivity contribution in [2.75, 3.05) is 13.1 Å². The van der Waals surface area contributed by atoms with Gasteiger partial charge in [0.05, 0.1) is 0 Å². The molecule has 4 unspecified atom stereocenters. The lowest BCUT2D eigenvalue weighted by Gasteiger charge is -2.41. The summed E-state index contributed by atoms with van der Waals surface area (Å²) in [5, 5.41) is 2.24. The fourth-order valence-electron chi connectivity index (χ4n) is 4.04. The Balaban J connectivity index is 1.63. The minimum Gasteiger partial charge on any atom is -0.327 e. The van der Waals surface area contributed by atoms with Crippen LogP contribution in [-0.2, 0) is 13.0 Å². The van der Waals surface area contributed by atoms with Gasteiger partial charge in [-0.25, -0.2) is 0 Å². The van der Waals surface area contributed by atoms with Crippen LogP contribution in [0.1, 0.15) is 37.1 Å². The molecule has 0 amide bonds. The third-order valence-corrected chi connectivity index (χ3v) is 6.11. The Labute approximate surface area is 121 Å². The largest absolute Gasteiger partial charge is 0.327 e. The Morgan fingerprint density at radius 2 is 2.21 bits per heavy atom. The molecule has 3 rings (SSSR count). The van der Waals surface area contributed by atoms with Gasteiger partial charge in [0.1, 0.15) is 0 Å². The highest BCUT2D eigenvalue weighted by atomic mass is 32.1. The Morgan fingerprint density at radius 1 is 1.37 bits per heavy atom. The summed E-state index contributed by atoms with van der Waals surface area (Å²) < 4.78 is 0. The molecule has 2 heterocycles. The summed E-state index contributed by atoms with van der Waals surface area (Å²) >= 11 is 1.92. The van der Waals surface area contributed by atoms with Crippen LogP contribution >= 0.6 is 11.3 Å². The fourth-order valence-corrected chi connectivity index (χ4v) is 4.93. The van der Waals surface area contributed by atoms with Crippen molar-refractivity contribution in [1.29, 1.82) is 0 Å². The average molecular weight is 278 g/mol. The number of nitrogens with two attached hydrogens (primary N) is 1. The molecule has 3 heteroatoms. The summed E-state index contributed by atoms with van der Waals surface area (Å²) in [5.74, 6) is 2.28. The third-order valence-electron chi connectivity index (χ3n) is 5.09. The highest BCUT2D eigenvalue weighted by Gasteiger charge is 2.33. The molecular formula is C16H26N2S. The van der Waals surface area contributed by atoms with Gasteiger partial charge in [-0.15, -0.1) is 11.3 Å². The predicted octanol–water partition coefficient (Wildman–Crippen LogP) is 3.12. The average Bonchev–Trinajstić information content (AvgIpc) is 2.81. The number of hydrogen-bond donors (Lipinski definition) is 1. The molecule has 0 saturated heterocycles. The van der Waals surface area contributed by atoms with Crippen LogP contribution in [-0.4, -0.2) is 24.0 Å². The molecule has 1 saturated carbocycles. The SMILES string of the molecule is CC1CC(C)C(CN2CCc3sccc3C2)C(N)C1. The van der Waals surface area contributed by atoms with Gasteiger partial charge >= 0.3 is 0 Å². The van der Waals surface area contributed by atoms with Crippen molar-refractivity contribution < 1.29 is 0 Å². The summed E-state index contributed by atoms with van der Waals surface area (Å²) in [5.41, 5.74) is 7.98. The van der Waals surface area contributed by atoms with Crippen LogP contribution < -0.4 is 5.73 Å². The van der Waals surface area contributed by atoms with Gasteiger partial charge in [0, 0.05) is 30.6 Å². The Kier molecular flexibility index (Phi) is 3.97. The van der Waals surface area contributed by atoms with Gasteiger partial charge < -0.3 is 5.73 Å². The molecule has 2 aliphatic rings.